The van der Waals surface area contributed by atoms with E-state index in [2.05, 4.69) is 19.7 Å². The molecular weight excluding hydrogens is 458 g/mol. The van der Waals surface area contributed by atoms with Crippen LogP contribution in [-0.4, -0.2) is 31.2 Å². The van der Waals surface area contributed by atoms with Crippen molar-refractivity contribution in [3.8, 4) is 0 Å². The van der Waals surface area contributed by atoms with Crippen LogP contribution in [0.2, 0.25) is 0 Å². The zero-order chi connectivity index (χ0) is 23.4. The largest absolute Gasteiger partial charge is 0.420 e. The van der Waals surface area contributed by atoms with Crippen molar-refractivity contribution in [1.29, 1.82) is 0 Å². The zero-order valence-electron chi connectivity index (χ0n) is 17.2. The molecule has 0 saturated carbocycles. The lowest BCUT2D eigenvalue weighted by atomic mass is 9.84. The molecule has 1 aliphatic rings. The van der Waals surface area contributed by atoms with E-state index >= 15 is 8.78 Å². The molecule has 0 amide bonds. The van der Waals surface area contributed by atoms with E-state index in [4.69, 9.17) is 4.42 Å². The van der Waals surface area contributed by atoms with Crippen LogP contribution in [0.3, 0.4) is 0 Å². The SMILES string of the molecule is CC(c1ccccc1C1(F)CNC1)n1c(=O)oc2c(F)c(S(=O)(=O)Nc3ccon3)ccc21. The molecule has 12 heteroatoms. The summed E-state index contributed by atoms with van der Waals surface area (Å²) in [6.07, 6.45) is 1.15. The molecular formula is C21H18F2N4O5S. The number of anilines is 1. The average molecular weight is 476 g/mol. The van der Waals surface area contributed by atoms with Crippen molar-refractivity contribution >= 4 is 26.9 Å². The number of hydrogen-bond acceptors (Lipinski definition) is 7. The molecule has 5 rings (SSSR count). The Morgan fingerprint density at radius 1 is 1.21 bits per heavy atom. The van der Waals surface area contributed by atoms with E-state index in [1.54, 1.807) is 31.2 Å². The minimum absolute atomic E-state index is 0.0415. The van der Waals surface area contributed by atoms with Crippen LogP contribution in [0.4, 0.5) is 14.6 Å². The van der Waals surface area contributed by atoms with Gasteiger partial charge in [-0.1, -0.05) is 29.4 Å². The molecule has 33 heavy (non-hydrogen) atoms. The summed E-state index contributed by atoms with van der Waals surface area (Å²) in [6.45, 7) is 1.96. The Labute approximate surface area is 186 Å². The number of alkyl halides is 1. The number of halogens is 2. The van der Waals surface area contributed by atoms with Crippen molar-refractivity contribution in [2.75, 3.05) is 17.8 Å². The highest BCUT2D eigenvalue weighted by molar-refractivity contribution is 7.92. The molecule has 0 bridgehead atoms. The maximum Gasteiger partial charge on any atom is 0.420 e. The van der Waals surface area contributed by atoms with Crippen molar-refractivity contribution in [1.82, 2.24) is 15.0 Å². The van der Waals surface area contributed by atoms with Crippen molar-refractivity contribution in [2.45, 2.75) is 23.5 Å². The van der Waals surface area contributed by atoms with Gasteiger partial charge in [0.1, 0.15) is 11.2 Å². The first-order valence-corrected chi connectivity index (χ1v) is 11.5. The van der Waals surface area contributed by atoms with Crippen molar-refractivity contribution in [3.63, 3.8) is 0 Å². The first-order valence-electron chi connectivity index (χ1n) is 9.97. The number of fused-ring (bicyclic) bond motifs is 1. The predicted molar refractivity (Wildman–Crippen MR) is 114 cm³/mol. The molecule has 0 radical (unpaired) electrons. The molecule has 4 aromatic rings. The highest BCUT2D eigenvalue weighted by Gasteiger charge is 2.41. The van der Waals surface area contributed by atoms with Crippen LogP contribution in [0.25, 0.3) is 11.1 Å². The number of sulfonamides is 1. The van der Waals surface area contributed by atoms with Gasteiger partial charge in [-0.2, -0.15) is 0 Å². The Bertz CT molecular complexity index is 1510. The van der Waals surface area contributed by atoms with Crippen LogP contribution in [0.15, 0.2) is 67.4 Å². The van der Waals surface area contributed by atoms with Gasteiger partial charge in [-0.15, -0.1) is 0 Å². The fourth-order valence-electron chi connectivity index (χ4n) is 4.02. The third-order valence-electron chi connectivity index (χ3n) is 5.74. The number of aromatic nitrogens is 2. The van der Waals surface area contributed by atoms with Crippen LogP contribution in [-0.2, 0) is 15.7 Å². The summed E-state index contributed by atoms with van der Waals surface area (Å²) in [5.41, 5.74) is -1.09. The minimum atomic E-state index is -4.38. The lowest BCUT2D eigenvalue weighted by molar-refractivity contribution is 0.0875. The lowest BCUT2D eigenvalue weighted by Crippen LogP contribution is -2.54. The van der Waals surface area contributed by atoms with E-state index in [1.807, 2.05) is 0 Å². The minimum Gasteiger partial charge on any atom is -0.404 e. The van der Waals surface area contributed by atoms with Crippen LogP contribution < -0.4 is 15.8 Å². The molecule has 2 aromatic carbocycles. The van der Waals surface area contributed by atoms with Crippen LogP contribution in [0, 0.1) is 5.82 Å². The van der Waals surface area contributed by atoms with Gasteiger partial charge in [-0.05, 0) is 30.2 Å². The molecule has 1 atom stereocenters. The first kappa shape index (κ1) is 21.3. The molecule has 0 spiro atoms. The van der Waals surface area contributed by atoms with E-state index in [0.29, 0.717) is 11.1 Å². The van der Waals surface area contributed by atoms with E-state index < -0.39 is 43.8 Å². The molecule has 1 unspecified atom stereocenters. The molecule has 0 aliphatic carbocycles. The predicted octanol–water partition coefficient (Wildman–Crippen LogP) is 2.90. The smallest absolute Gasteiger partial charge is 0.404 e. The summed E-state index contributed by atoms with van der Waals surface area (Å²) in [5.74, 6) is -2.26. The third-order valence-corrected chi connectivity index (χ3v) is 7.12. The highest BCUT2D eigenvalue weighted by atomic mass is 32.2. The van der Waals surface area contributed by atoms with Gasteiger partial charge in [-0.3, -0.25) is 9.29 Å². The lowest BCUT2D eigenvalue weighted by Gasteiger charge is -2.37. The van der Waals surface area contributed by atoms with E-state index in [9.17, 15) is 13.2 Å². The summed E-state index contributed by atoms with van der Waals surface area (Å²) in [7, 11) is -4.38. The maximum absolute atomic E-state index is 15.2. The topological polar surface area (TPSA) is 119 Å². The quantitative estimate of drug-likeness (QED) is 0.439. The van der Waals surface area contributed by atoms with Gasteiger partial charge in [-0.25, -0.2) is 22.0 Å². The van der Waals surface area contributed by atoms with Gasteiger partial charge in [0.2, 0.25) is 0 Å². The van der Waals surface area contributed by atoms with Crippen molar-refractivity contribution < 1.29 is 26.1 Å². The number of hydrogen-bond donors (Lipinski definition) is 2. The van der Waals surface area contributed by atoms with Gasteiger partial charge < -0.3 is 14.3 Å². The second-order valence-electron chi connectivity index (χ2n) is 7.79. The normalized spacial score (nSPS) is 16.5. The van der Waals surface area contributed by atoms with Gasteiger partial charge in [0.25, 0.3) is 10.0 Å². The third kappa shape index (κ3) is 3.42. The Balaban J connectivity index is 1.60. The molecule has 1 aliphatic heterocycles. The Kier molecular flexibility index (Phi) is 4.87. The molecule has 1 saturated heterocycles. The van der Waals surface area contributed by atoms with E-state index in [1.165, 1.54) is 16.7 Å². The van der Waals surface area contributed by atoms with Gasteiger partial charge in [0, 0.05) is 19.2 Å². The van der Waals surface area contributed by atoms with Gasteiger partial charge in [0.15, 0.2) is 22.9 Å². The molecule has 172 valence electrons. The van der Waals surface area contributed by atoms with Crippen LogP contribution in [0.1, 0.15) is 24.1 Å². The molecule has 2 aromatic heterocycles. The molecule has 2 N–H and O–H groups in total. The Morgan fingerprint density at radius 2 is 1.97 bits per heavy atom. The Hall–Kier alpha value is -3.51. The number of nitrogens with zero attached hydrogens (tertiary/aromatic N) is 2. The standard InChI is InChI=1S/C21H18F2N4O5S/c1-12(13-4-2-3-5-14(13)21(23)10-24-11-21)27-15-6-7-16(18(22)19(15)32-20(27)28)33(29,30)26-17-8-9-31-25-17/h2-9,12,24H,10-11H2,1H3,(H,25,26). The van der Waals surface area contributed by atoms with Gasteiger partial charge >= 0.3 is 5.76 Å². The Morgan fingerprint density at radius 3 is 2.64 bits per heavy atom. The monoisotopic (exact) mass is 476 g/mol. The fraction of sp³-hybridized carbons (Fsp3) is 0.238. The molecule has 3 heterocycles. The summed E-state index contributed by atoms with van der Waals surface area (Å²) in [4.78, 5) is 12.0. The number of benzene rings is 2. The summed E-state index contributed by atoms with van der Waals surface area (Å²) in [6, 6.07) is 9.62. The molecule has 1 fully saturated rings. The highest BCUT2D eigenvalue weighted by Crippen LogP contribution is 2.37. The fourth-order valence-corrected chi connectivity index (χ4v) is 5.09. The number of oxazole rings is 1. The van der Waals surface area contributed by atoms with Crippen molar-refractivity contribution in [2.24, 2.45) is 0 Å². The summed E-state index contributed by atoms with van der Waals surface area (Å²) in [5, 5.41) is 6.33. The summed E-state index contributed by atoms with van der Waals surface area (Å²) < 4.78 is 68.5. The molecule has 9 nitrogen and oxygen atoms in total. The van der Waals surface area contributed by atoms with E-state index in [0.717, 1.165) is 12.3 Å². The van der Waals surface area contributed by atoms with Crippen LogP contribution >= 0.6 is 0 Å². The number of rotatable bonds is 6. The second kappa shape index (κ2) is 7.52. The van der Waals surface area contributed by atoms with Crippen LogP contribution in [0.5, 0.6) is 0 Å². The maximum atomic E-state index is 15.2. The van der Waals surface area contributed by atoms with Crippen molar-refractivity contribution in [3.05, 3.63) is 76.2 Å². The van der Waals surface area contributed by atoms with E-state index in [-0.39, 0.29) is 24.4 Å². The summed E-state index contributed by atoms with van der Waals surface area (Å²) >= 11 is 0. The average Bonchev–Trinajstić information content (AvgIpc) is 3.38. The number of nitrogens with one attached hydrogen (secondary N) is 2. The second-order valence-corrected chi connectivity index (χ2v) is 9.44. The zero-order valence-corrected chi connectivity index (χ0v) is 18.0. The first-order chi connectivity index (χ1) is 15.7. The van der Waals surface area contributed by atoms with Gasteiger partial charge in [0.05, 0.1) is 11.6 Å².